The van der Waals surface area contributed by atoms with Crippen LogP contribution in [0.15, 0.2) is 12.1 Å². The molecule has 0 aliphatic heterocycles. The monoisotopic (exact) mass is 320 g/mol. The van der Waals surface area contributed by atoms with Crippen molar-refractivity contribution in [3.05, 3.63) is 29.2 Å². The number of carbonyl (C=O) groups is 1. The van der Waals surface area contributed by atoms with Crippen LogP contribution in [0.1, 0.15) is 21.9 Å². The molecule has 9 heteroatoms. The summed E-state index contributed by atoms with van der Waals surface area (Å²) in [4.78, 5) is 15.8. The largest absolute Gasteiger partial charge is 0.364 e. The van der Waals surface area contributed by atoms with Crippen molar-refractivity contribution in [3.8, 4) is 0 Å². The van der Waals surface area contributed by atoms with E-state index in [0.29, 0.717) is 18.0 Å². The van der Waals surface area contributed by atoms with E-state index in [-0.39, 0.29) is 11.3 Å². The van der Waals surface area contributed by atoms with Gasteiger partial charge in [0.25, 0.3) is 5.91 Å². The van der Waals surface area contributed by atoms with Crippen molar-refractivity contribution >= 4 is 35.8 Å². The number of nitrogens with one attached hydrogen (secondary N) is 1. The van der Waals surface area contributed by atoms with Gasteiger partial charge in [-0.2, -0.15) is 26.5 Å². The van der Waals surface area contributed by atoms with Crippen LogP contribution in [0.3, 0.4) is 0 Å². The van der Waals surface area contributed by atoms with Gasteiger partial charge >= 0.3 is 5.38 Å². The number of aromatic nitrogens is 3. The Bertz CT molecular complexity index is 656. The Hall–Kier alpha value is -1.41. The molecule has 2 aromatic rings. The van der Waals surface area contributed by atoms with Crippen LogP contribution in [0.4, 0.5) is 8.78 Å². The lowest BCUT2D eigenvalue weighted by Gasteiger charge is -2.10. The van der Waals surface area contributed by atoms with Crippen molar-refractivity contribution in [3.63, 3.8) is 0 Å². The molecule has 0 bridgehead atoms. The quantitative estimate of drug-likeness (QED) is 0.669. The minimum atomic E-state index is -3.60. The third kappa shape index (κ3) is 3.01. The maximum absolute atomic E-state index is 13.3. The third-order valence-corrected chi connectivity index (χ3v) is 2.89. The highest BCUT2D eigenvalue weighted by atomic mass is 35.5. The van der Waals surface area contributed by atoms with Crippen LogP contribution < -0.4 is 5.32 Å². The molecule has 1 amide bonds. The molecule has 0 saturated heterocycles. The molecule has 20 heavy (non-hydrogen) atoms. The van der Waals surface area contributed by atoms with E-state index in [1.54, 1.807) is 6.92 Å². The van der Waals surface area contributed by atoms with Gasteiger partial charge in [-0.15, -0.1) is 0 Å². The van der Waals surface area contributed by atoms with Gasteiger partial charge in [0.1, 0.15) is 5.69 Å². The number of amides is 1. The Labute approximate surface area is 123 Å². The number of aryl methyl sites for hydroxylation is 1. The number of halogens is 3. The number of hydrogen-bond acceptors (Lipinski definition) is 4. The van der Waals surface area contributed by atoms with E-state index in [4.69, 9.17) is 11.6 Å². The highest BCUT2D eigenvalue weighted by molar-refractivity contribution is 7.80. The van der Waals surface area contributed by atoms with Gasteiger partial charge in [0.05, 0.1) is 0 Å². The van der Waals surface area contributed by atoms with Crippen molar-refractivity contribution in [1.82, 2.24) is 19.9 Å². The van der Waals surface area contributed by atoms with Gasteiger partial charge in [-0.3, -0.25) is 4.79 Å². The van der Waals surface area contributed by atoms with Gasteiger partial charge in [-0.25, -0.2) is 9.50 Å². The van der Waals surface area contributed by atoms with E-state index < -0.39 is 17.0 Å². The minimum absolute atomic E-state index is 0.00736. The maximum Gasteiger partial charge on any atom is 0.364 e. The SMILES string of the molecule is Cc1cc(C(F)(F)Cl)n2nc(C(=O)NCCS)cc2n1. The van der Waals surface area contributed by atoms with Crippen LogP contribution in [0.25, 0.3) is 5.65 Å². The highest BCUT2D eigenvalue weighted by Crippen LogP contribution is 2.32. The van der Waals surface area contributed by atoms with E-state index >= 15 is 0 Å². The average molecular weight is 321 g/mol. The topological polar surface area (TPSA) is 59.3 Å². The molecule has 1 N–H and O–H groups in total. The summed E-state index contributed by atoms with van der Waals surface area (Å²) in [5.41, 5.74) is -0.0478. The predicted molar refractivity (Wildman–Crippen MR) is 73.7 cm³/mol. The summed E-state index contributed by atoms with van der Waals surface area (Å²) in [6.07, 6.45) is 0. The molecule has 0 aliphatic carbocycles. The van der Waals surface area contributed by atoms with Gasteiger partial charge in [0.15, 0.2) is 11.3 Å². The number of thiol groups is 1. The average Bonchev–Trinajstić information content (AvgIpc) is 2.77. The van der Waals surface area contributed by atoms with Gasteiger partial charge in [-0.1, -0.05) is 0 Å². The van der Waals surface area contributed by atoms with Crippen molar-refractivity contribution in [2.45, 2.75) is 12.3 Å². The van der Waals surface area contributed by atoms with E-state index in [2.05, 4.69) is 28.0 Å². The molecular weight excluding hydrogens is 310 g/mol. The molecule has 5 nitrogen and oxygen atoms in total. The second-order valence-electron chi connectivity index (χ2n) is 4.06. The zero-order valence-corrected chi connectivity index (χ0v) is 12.1. The second kappa shape index (κ2) is 5.53. The standard InChI is InChI=1S/C11H11ClF2N4OS/c1-6-4-8(11(12,13)14)18-9(16-6)5-7(17-18)10(19)15-2-3-20/h4-5,20H,2-3H2,1H3,(H,15,19). The van der Waals surface area contributed by atoms with E-state index in [9.17, 15) is 13.6 Å². The molecule has 0 fully saturated rings. The van der Waals surface area contributed by atoms with Crippen LogP contribution in [-0.2, 0) is 5.38 Å². The van der Waals surface area contributed by atoms with E-state index in [1.807, 2.05) is 0 Å². The minimum Gasteiger partial charge on any atom is -0.350 e. The molecule has 108 valence electrons. The zero-order chi connectivity index (χ0) is 14.9. The summed E-state index contributed by atoms with van der Waals surface area (Å²) in [7, 11) is 0. The van der Waals surface area contributed by atoms with Gasteiger partial charge < -0.3 is 5.32 Å². The first kappa shape index (κ1) is 15.0. The Kier molecular flexibility index (Phi) is 4.14. The number of rotatable bonds is 4. The van der Waals surface area contributed by atoms with Gasteiger partial charge in [0.2, 0.25) is 0 Å². The number of hydrogen-bond donors (Lipinski definition) is 2. The fourth-order valence-corrected chi connectivity index (χ4v) is 1.92. The Morgan fingerprint density at radius 1 is 1.55 bits per heavy atom. The molecule has 0 aliphatic rings. The maximum atomic E-state index is 13.3. The molecule has 0 atom stereocenters. The van der Waals surface area contributed by atoms with E-state index in [0.717, 1.165) is 10.6 Å². The van der Waals surface area contributed by atoms with E-state index in [1.165, 1.54) is 6.07 Å². The smallest absolute Gasteiger partial charge is 0.350 e. The van der Waals surface area contributed by atoms with Crippen molar-refractivity contribution < 1.29 is 13.6 Å². The van der Waals surface area contributed by atoms with Gasteiger partial charge in [0, 0.05) is 24.1 Å². The predicted octanol–water partition coefficient (Wildman–Crippen LogP) is 1.99. The van der Waals surface area contributed by atoms with Crippen LogP contribution >= 0.6 is 24.2 Å². The molecule has 2 aromatic heterocycles. The second-order valence-corrected chi connectivity index (χ2v) is 4.98. The summed E-state index contributed by atoms with van der Waals surface area (Å²) in [6.45, 7) is 1.90. The Morgan fingerprint density at radius 3 is 2.85 bits per heavy atom. The summed E-state index contributed by atoms with van der Waals surface area (Å²) in [5.74, 6) is -0.0207. The number of alkyl halides is 3. The lowest BCUT2D eigenvalue weighted by atomic mass is 10.3. The normalized spacial score (nSPS) is 11.8. The fourth-order valence-electron chi connectivity index (χ4n) is 1.67. The highest BCUT2D eigenvalue weighted by Gasteiger charge is 2.32. The molecule has 0 radical (unpaired) electrons. The third-order valence-electron chi connectivity index (χ3n) is 2.48. The molecular formula is C11H11ClF2N4OS. The molecule has 0 spiro atoms. The Balaban J connectivity index is 2.51. The van der Waals surface area contributed by atoms with Gasteiger partial charge in [-0.05, 0) is 24.6 Å². The van der Waals surface area contributed by atoms with Crippen LogP contribution in [0.5, 0.6) is 0 Å². The number of fused-ring (bicyclic) bond motifs is 1. The summed E-state index contributed by atoms with van der Waals surface area (Å²) in [5, 5.41) is 2.77. The lowest BCUT2D eigenvalue weighted by molar-refractivity contribution is 0.0865. The Morgan fingerprint density at radius 2 is 2.25 bits per heavy atom. The molecule has 0 unspecified atom stereocenters. The zero-order valence-electron chi connectivity index (χ0n) is 10.4. The molecule has 0 saturated carbocycles. The molecule has 2 rings (SSSR count). The van der Waals surface area contributed by atoms with Crippen molar-refractivity contribution in [2.24, 2.45) is 0 Å². The van der Waals surface area contributed by atoms with Crippen LogP contribution in [-0.4, -0.2) is 32.8 Å². The summed E-state index contributed by atoms with van der Waals surface area (Å²) >= 11 is 9.01. The van der Waals surface area contributed by atoms with Crippen molar-refractivity contribution in [2.75, 3.05) is 12.3 Å². The number of nitrogens with zero attached hydrogens (tertiary/aromatic N) is 3. The van der Waals surface area contributed by atoms with Crippen LogP contribution in [0.2, 0.25) is 0 Å². The summed E-state index contributed by atoms with van der Waals surface area (Å²) < 4.78 is 27.6. The fraction of sp³-hybridized carbons (Fsp3) is 0.364. The first-order valence-corrected chi connectivity index (χ1v) is 6.67. The van der Waals surface area contributed by atoms with Crippen LogP contribution in [0, 0.1) is 6.92 Å². The summed E-state index contributed by atoms with van der Waals surface area (Å²) in [6, 6.07) is 2.45. The lowest BCUT2D eigenvalue weighted by Crippen LogP contribution is -2.25. The molecule has 0 aromatic carbocycles. The first-order chi connectivity index (χ1) is 9.32. The van der Waals surface area contributed by atoms with Crippen molar-refractivity contribution in [1.29, 1.82) is 0 Å². The molecule has 2 heterocycles. The first-order valence-electron chi connectivity index (χ1n) is 5.66. The number of carbonyl (C=O) groups excluding carboxylic acids is 1.